The Kier molecular flexibility index (Phi) is 6.73. The Hall–Kier alpha value is -5.18. The molecule has 0 unspecified atom stereocenters. The van der Waals surface area contributed by atoms with Gasteiger partial charge in [-0.05, 0) is 59.7 Å². The van der Waals surface area contributed by atoms with Crippen LogP contribution in [-0.2, 0) is 20.1 Å². The Morgan fingerprint density at radius 2 is 1.61 bits per heavy atom. The van der Waals surface area contributed by atoms with Gasteiger partial charge < -0.3 is 16.4 Å². The molecule has 5 aromatic rings. The van der Waals surface area contributed by atoms with Crippen LogP contribution in [0.2, 0.25) is 0 Å². The van der Waals surface area contributed by atoms with Gasteiger partial charge in [-0.1, -0.05) is 36.4 Å². The number of benzene rings is 3. The summed E-state index contributed by atoms with van der Waals surface area (Å²) < 4.78 is 3.27. The van der Waals surface area contributed by atoms with E-state index < -0.39 is 0 Å². The zero-order valence-electron chi connectivity index (χ0n) is 20.7. The summed E-state index contributed by atoms with van der Waals surface area (Å²) >= 11 is 0. The van der Waals surface area contributed by atoms with Crippen LogP contribution in [0.5, 0.6) is 0 Å². The lowest BCUT2D eigenvalue weighted by Gasteiger charge is -2.09. The normalized spacial score (nSPS) is 10.9. The maximum Gasteiger partial charge on any atom is 0.329 e. The van der Waals surface area contributed by atoms with E-state index in [1.807, 2.05) is 30.3 Å². The maximum atomic E-state index is 13.0. The summed E-state index contributed by atoms with van der Waals surface area (Å²) in [5.41, 5.74) is 10.9. The first-order valence-corrected chi connectivity index (χ1v) is 12.0. The highest BCUT2D eigenvalue weighted by atomic mass is 16.2. The molecule has 9 nitrogen and oxygen atoms in total. The van der Waals surface area contributed by atoms with Crippen LogP contribution in [-0.4, -0.2) is 25.9 Å². The Labute approximate surface area is 218 Å². The van der Waals surface area contributed by atoms with Gasteiger partial charge in [0.2, 0.25) is 0 Å². The predicted molar refractivity (Wildman–Crippen MR) is 147 cm³/mol. The van der Waals surface area contributed by atoms with Gasteiger partial charge in [-0.2, -0.15) is 0 Å². The van der Waals surface area contributed by atoms with Crippen LogP contribution < -0.4 is 22.1 Å². The zero-order chi connectivity index (χ0) is 26.6. The fraction of sp³-hybridized carbons (Fsp3) is 0.103. The van der Waals surface area contributed by atoms with E-state index in [9.17, 15) is 14.4 Å². The topological polar surface area (TPSA) is 124 Å². The van der Waals surface area contributed by atoms with Crippen molar-refractivity contribution < 1.29 is 9.59 Å². The number of aryl methyl sites for hydroxylation is 1. The summed E-state index contributed by atoms with van der Waals surface area (Å²) in [5.74, 6) is -0.538. The maximum absolute atomic E-state index is 13.0. The van der Waals surface area contributed by atoms with Crippen LogP contribution in [0.4, 0.5) is 11.4 Å². The Morgan fingerprint density at radius 1 is 0.868 bits per heavy atom. The molecular weight excluding hydrogens is 480 g/mol. The first kappa shape index (κ1) is 24.5. The van der Waals surface area contributed by atoms with E-state index >= 15 is 0 Å². The second kappa shape index (κ2) is 10.4. The quantitative estimate of drug-likeness (QED) is 0.291. The van der Waals surface area contributed by atoms with E-state index in [0.717, 1.165) is 22.2 Å². The molecule has 2 amide bonds. The molecule has 0 aliphatic carbocycles. The van der Waals surface area contributed by atoms with Gasteiger partial charge in [0.15, 0.2) is 0 Å². The van der Waals surface area contributed by atoms with Crippen molar-refractivity contribution in [1.82, 2.24) is 19.4 Å². The number of nitrogens with two attached hydrogens (primary N) is 1. The second-order valence-corrected chi connectivity index (χ2v) is 8.89. The van der Waals surface area contributed by atoms with E-state index in [-0.39, 0.29) is 17.5 Å². The summed E-state index contributed by atoms with van der Waals surface area (Å²) in [6.07, 6.45) is 1.57. The van der Waals surface area contributed by atoms with Crippen LogP contribution in [0, 0.1) is 0 Å². The number of nitrogens with zero attached hydrogens (tertiary/aromatic N) is 3. The standard InChI is InChI=1S/C29H26N6O3/c1-34-25-14-11-20(17-32-28(37)24-8-4-5-15-31-24)16-26(25)35(29(34)38)18-19-9-12-21(13-10-19)27(36)33-23-7-3-2-6-22(23)30/h2-16H,17-18,30H2,1H3,(H,32,37)(H,33,36). The van der Waals surface area contributed by atoms with Crippen LogP contribution in [0.25, 0.3) is 11.0 Å². The number of fused-ring (bicyclic) bond motifs is 1. The lowest BCUT2D eigenvalue weighted by Crippen LogP contribution is -2.23. The fourth-order valence-corrected chi connectivity index (χ4v) is 4.24. The first-order valence-electron chi connectivity index (χ1n) is 12.0. The molecule has 0 atom stereocenters. The predicted octanol–water partition coefficient (Wildman–Crippen LogP) is 3.55. The summed E-state index contributed by atoms with van der Waals surface area (Å²) in [4.78, 5) is 42.1. The third kappa shape index (κ3) is 5.03. The number of rotatable bonds is 7. The van der Waals surface area contributed by atoms with Gasteiger partial charge in [-0.15, -0.1) is 0 Å². The number of pyridine rings is 1. The number of anilines is 2. The van der Waals surface area contributed by atoms with Crippen molar-refractivity contribution in [3.8, 4) is 0 Å². The Bertz CT molecular complexity index is 1690. The smallest absolute Gasteiger partial charge is 0.329 e. The molecule has 0 aliphatic rings. The molecule has 0 bridgehead atoms. The third-order valence-corrected chi connectivity index (χ3v) is 6.33. The minimum absolute atomic E-state index is 0.156. The largest absolute Gasteiger partial charge is 0.397 e. The van der Waals surface area contributed by atoms with Crippen molar-refractivity contribution in [2.45, 2.75) is 13.1 Å². The first-order chi connectivity index (χ1) is 18.4. The minimum atomic E-state index is -0.269. The second-order valence-electron chi connectivity index (χ2n) is 8.89. The molecule has 0 saturated carbocycles. The van der Waals surface area contributed by atoms with Crippen LogP contribution in [0.15, 0.2) is 95.9 Å². The number of amides is 2. The van der Waals surface area contributed by atoms with Gasteiger partial charge in [0.05, 0.1) is 29.0 Å². The van der Waals surface area contributed by atoms with Gasteiger partial charge in [-0.3, -0.25) is 23.7 Å². The number of imidazole rings is 1. The molecule has 5 rings (SSSR count). The summed E-state index contributed by atoms with van der Waals surface area (Å²) in [6, 6.07) is 25.0. The third-order valence-electron chi connectivity index (χ3n) is 6.33. The van der Waals surface area contributed by atoms with E-state index in [1.54, 1.807) is 77.0 Å². The van der Waals surface area contributed by atoms with Crippen molar-refractivity contribution in [3.05, 3.63) is 124 Å². The molecule has 2 heterocycles. The van der Waals surface area contributed by atoms with Crippen molar-refractivity contribution in [2.75, 3.05) is 11.1 Å². The van der Waals surface area contributed by atoms with Gasteiger partial charge in [0, 0.05) is 25.4 Å². The molecule has 190 valence electrons. The molecule has 3 aromatic carbocycles. The number of carbonyl (C=O) groups excluding carboxylic acids is 2. The van der Waals surface area contributed by atoms with E-state index in [1.165, 1.54) is 0 Å². The van der Waals surface area contributed by atoms with E-state index in [4.69, 9.17) is 5.73 Å². The number of hydrogen-bond acceptors (Lipinski definition) is 5. The molecule has 9 heteroatoms. The molecule has 0 fully saturated rings. The SMILES string of the molecule is Cn1c(=O)n(Cc2ccc(C(=O)Nc3ccccc3N)cc2)c2cc(CNC(=O)c3ccccn3)ccc21. The van der Waals surface area contributed by atoms with E-state index in [2.05, 4.69) is 15.6 Å². The zero-order valence-corrected chi connectivity index (χ0v) is 20.7. The summed E-state index contributed by atoms with van der Waals surface area (Å²) in [5, 5.41) is 5.68. The molecule has 0 spiro atoms. The fourth-order valence-electron chi connectivity index (χ4n) is 4.24. The van der Waals surface area contributed by atoms with Gasteiger partial charge >= 0.3 is 5.69 Å². The molecule has 0 aliphatic heterocycles. The lowest BCUT2D eigenvalue weighted by atomic mass is 10.1. The molecule has 2 aromatic heterocycles. The summed E-state index contributed by atoms with van der Waals surface area (Å²) in [6.45, 7) is 0.623. The van der Waals surface area contributed by atoms with Gasteiger partial charge in [0.1, 0.15) is 5.69 Å². The molecule has 0 radical (unpaired) electrons. The van der Waals surface area contributed by atoms with Crippen LogP contribution in [0.3, 0.4) is 0 Å². The number of hydrogen-bond donors (Lipinski definition) is 3. The van der Waals surface area contributed by atoms with Crippen molar-refractivity contribution in [1.29, 1.82) is 0 Å². The highest BCUT2D eigenvalue weighted by Gasteiger charge is 2.14. The van der Waals surface area contributed by atoms with Crippen molar-refractivity contribution in [2.24, 2.45) is 7.05 Å². The van der Waals surface area contributed by atoms with Gasteiger partial charge in [-0.25, -0.2) is 4.79 Å². The summed E-state index contributed by atoms with van der Waals surface area (Å²) in [7, 11) is 1.73. The Morgan fingerprint density at radius 3 is 2.34 bits per heavy atom. The van der Waals surface area contributed by atoms with Crippen molar-refractivity contribution in [3.63, 3.8) is 0 Å². The van der Waals surface area contributed by atoms with E-state index in [0.29, 0.717) is 35.7 Å². The lowest BCUT2D eigenvalue weighted by molar-refractivity contribution is 0.0945. The Balaban J connectivity index is 1.33. The average Bonchev–Trinajstić information content (AvgIpc) is 3.18. The van der Waals surface area contributed by atoms with Gasteiger partial charge in [0.25, 0.3) is 11.8 Å². The molecule has 4 N–H and O–H groups in total. The highest BCUT2D eigenvalue weighted by molar-refractivity contribution is 6.05. The monoisotopic (exact) mass is 506 g/mol. The van der Waals surface area contributed by atoms with Crippen LogP contribution in [0.1, 0.15) is 32.0 Å². The highest BCUT2D eigenvalue weighted by Crippen LogP contribution is 2.19. The average molecular weight is 507 g/mol. The number of nitrogen functional groups attached to an aromatic ring is 1. The number of carbonyl (C=O) groups is 2. The number of aromatic nitrogens is 3. The number of nitrogens with one attached hydrogen (secondary N) is 2. The van der Waals surface area contributed by atoms with Crippen molar-refractivity contribution >= 4 is 34.2 Å². The van der Waals surface area contributed by atoms with Crippen LogP contribution >= 0.6 is 0 Å². The molecule has 0 saturated heterocycles. The molecule has 38 heavy (non-hydrogen) atoms. The number of para-hydroxylation sites is 2. The molecular formula is C29H26N6O3. The minimum Gasteiger partial charge on any atom is -0.397 e.